The van der Waals surface area contributed by atoms with Gasteiger partial charge in [0, 0.05) is 0 Å². The van der Waals surface area contributed by atoms with Crippen molar-refractivity contribution in [1.82, 2.24) is 0 Å². The molecule has 15 heavy (non-hydrogen) atoms. The lowest BCUT2D eigenvalue weighted by atomic mass is 9.80. The SMILES string of the molecule is OC1CCCc2c1ccc1c2CCCC1. The summed E-state index contributed by atoms with van der Waals surface area (Å²) in [6.07, 6.45) is 8.27. The molecule has 1 N–H and O–H groups in total. The molecule has 0 spiro atoms. The van der Waals surface area contributed by atoms with Crippen molar-refractivity contribution in [3.63, 3.8) is 0 Å². The summed E-state index contributed by atoms with van der Waals surface area (Å²) < 4.78 is 0. The van der Waals surface area contributed by atoms with Gasteiger partial charge in [-0.05, 0) is 67.2 Å². The van der Waals surface area contributed by atoms with Crippen molar-refractivity contribution in [2.45, 2.75) is 51.0 Å². The van der Waals surface area contributed by atoms with E-state index in [4.69, 9.17) is 0 Å². The molecule has 1 unspecified atom stereocenters. The van der Waals surface area contributed by atoms with Crippen molar-refractivity contribution in [3.8, 4) is 0 Å². The van der Waals surface area contributed by atoms with Crippen LogP contribution in [-0.4, -0.2) is 5.11 Å². The van der Waals surface area contributed by atoms with Gasteiger partial charge in [-0.1, -0.05) is 12.1 Å². The third-order valence-corrected chi connectivity index (χ3v) is 3.95. The number of hydrogen-bond acceptors (Lipinski definition) is 1. The Bertz CT molecular complexity index is 381. The molecule has 1 heteroatoms. The number of benzene rings is 1. The van der Waals surface area contributed by atoms with Crippen LogP contribution in [0, 0.1) is 0 Å². The topological polar surface area (TPSA) is 20.2 Å². The van der Waals surface area contributed by atoms with E-state index in [1.807, 2.05) is 0 Å². The van der Waals surface area contributed by atoms with Gasteiger partial charge in [-0.25, -0.2) is 0 Å². The van der Waals surface area contributed by atoms with E-state index in [1.54, 1.807) is 11.1 Å². The van der Waals surface area contributed by atoms with E-state index in [0.717, 1.165) is 12.8 Å². The maximum atomic E-state index is 9.96. The zero-order chi connectivity index (χ0) is 10.3. The third kappa shape index (κ3) is 1.50. The van der Waals surface area contributed by atoms with Gasteiger partial charge in [0.1, 0.15) is 0 Å². The van der Waals surface area contributed by atoms with Crippen LogP contribution in [0.25, 0.3) is 0 Å². The van der Waals surface area contributed by atoms with Crippen molar-refractivity contribution >= 4 is 0 Å². The predicted molar refractivity (Wildman–Crippen MR) is 61.0 cm³/mol. The van der Waals surface area contributed by atoms with E-state index in [-0.39, 0.29) is 6.10 Å². The second-order valence-corrected chi connectivity index (χ2v) is 4.89. The average molecular weight is 202 g/mol. The molecule has 0 fully saturated rings. The molecule has 0 aliphatic heterocycles. The monoisotopic (exact) mass is 202 g/mol. The van der Waals surface area contributed by atoms with Crippen LogP contribution in [0.3, 0.4) is 0 Å². The van der Waals surface area contributed by atoms with Gasteiger partial charge in [0.25, 0.3) is 0 Å². The smallest absolute Gasteiger partial charge is 0.0792 e. The summed E-state index contributed by atoms with van der Waals surface area (Å²) in [6.45, 7) is 0. The lowest BCUT2D eigenvalue weighted by molar-refractivity contribution is 0.156. The highest BCUT2D eigenvalue weighted by atomic mass is 16.3. The van der Waals surface area contributed by atoms with Crippen LogP contribution in [0.4, 0.5) is 0 Å². The Morgan fingerprint density at radius 1 is 0.933 bits per heavy atom. The van der Waals surface area contributed by atoms with Crippen molar-refractivity contribution in [1.29, 1.82) is 0 Å². The summed E-state index contributed by atoms with van der Waals surface area (Å²) in [7, 11) is 0. The minimum Gasteiger partial charge on any atom is -0.388 e. The molecule has 0 radical (unpaired) electrons. The van der Waals surface area contributed by atoms with E-state index in [2.05, 4.69) is 12.1 Å². The lowest BCUT2D eigenvalue weighted by Gasteiger charge is -2.27. The zero-order valence-electron chi connectivity index (χ0n) is 9.13. The minimum absolute atomic E-state index is 0.194. The van der Waals surface area contributed by atoms with Crippen LogP contribution >= 0.6 is 0 Å². The van der Waals surface area contributed by atoms with Crippen LogP contribution in [0.2, 0.25) is 0 Å². The Morgan fingerprint density at radius 2 is 1.73 bits per heavy atom. The number of hydrogen-bond donors (Lipinski definition) is 1. The fourth-order valence-electron chi connectivity index (χ4n) is 3.16. The Labute approximate surface area is 91.1 Å². The molecule has 0 saturated carbocycles. The second-order valence-electron chi connectivity index (χ2n) is 4.89. The van der Waals surface area contributed by atoms with E-state index >= 15 is 0 Å². The van der Waals surface area contributed by atoms with Gasteiger partial charge in [-0.3, -0.25) is 0 Å². The molecule has 0 bridgehead atoms. The van der Waals surface area contributed by atoms with Crippen molar-refractivity contribution in [2.24, 2.45) is 0 Å². The molecule has 0 heterocycles. The number of fused-ring (bicyclic) bond motifs is 3. The molecule has 0 amide bonds. The van der Waals surface area contributed by atoms with E-state index in [1.165, 1.54) is 43.2 Å². The lowest BCUT2D eigenvalue weighted by Crippen LogP contribution is -2.15. The van der Waals surface area contributed by atoms with Gasteiger partial charge in [-0.15, -0.1) is 0 Å². The zero-order valence-corrected chi connectivity index (χ0v) is 9.13. The molecular weight excluding hydrogens is 184 g/mol. The fraction of sp³-hybridized carbons (Fsp3) is 0.571. The van der Waals surface area contributed by atoms with Gasteiger partial charge in [-0.2, -0.15) is 0 Å². The molecule has 2 aliphatic rings. The molecule has 3 rings (SSSR count). The first-order chi connectivity index (χ1) is 7.36. The van der Waals surface area contributed by atoms with Crippen LogP contribution in [0.15, 0.2) is 12.1 Å². The molecule has 1 aromatic rings. The molecule has 80 valence electrons. The summed E-state index contributed by atoms with van der Waals surface area (Å²) >= 11 is 0. The Morgan fingerprint density at radius 3 is 2.67 bits per heavy atom. The van der Waals surface area contributed by atoms with Gasteiger partial charge in [0.05, 0.1) is 6.10 Å². The quantitative estimate of drug-likeness (QED) is 0.685. The van der Waals surface area contributed by atoms with Crippen LogP contribution in [0.1, 0.15) is 54.0 Å². The average Bonchev–Trinajstić information content (AvgIpc) is 2.29. The van der Waals surface area contributed by atoms with Crippen LogP contribution in [0.5, 0.6) is 0 Å². The summed E-state index contributed by atoms with van der Waals surface area (Å²) in [6, 6.07) is 4.42. The van der Waals surface area contributed by atoms with Crippen molar-refractivity contribution < 1.29 is 5.11 Å². The Balaban J connectivity index is 2.13. The highest BCUT2D eigenvalue weighted by Crippen LogP contribution is 2.35. The van der Waals surface area contributed by atoms with E-state index in [0.29, 0.717) is 0 Å². The summed E-state index contributed by atoms with van der Waals surface area (Å²) in [4.78, 5) is 0. The highest BCUT2D eigenvalue weighted by Gasteiger charge is 2.23. The Kier molecular flexibility index (Phi) is 2.28. The largest absolute Gasteiger partial charge is 0.388 e. The number of rotatable bonds is 0. The van der Waals surface area contributed by atoms with E-state index < -0.39 is 0 Å². The first kappa shape index (κ1) is 9.41. The molecule has 1 aromatic carbocycles. The number of aliphatic hydroxyl groups is 1. The predicted octanol–water partition coefficient (Wildman–Crippen LogP) is 2.94. The number of aliphatic hydroxyl groups excluding tert-OH is 1. The van der Waals surface area contributed by atoms with Gasteiger partial charge >= 0.3 is 0 Å². The van der Waals surface area contributed by atoms with Crippen LogP contribution < -0.4 is 0 Å². The molecule has 0 saturated heterocycles. The molecule has 1 nitrogen and oxygen atoms in total. The maximum Gasteiger partial charge on any atom is 0.0792 e. The minimum atomic E-state index is -0.194. The normalized spacial score (nSPS) is 24.5. The van der Waals surface area contributed by atoms with Gasteiger partial charge in [0.2, 0.25) is 0 Å². The third-order valence-electron chi connectivity index (χ3n) is 3.95. The molecular formula is C14H18O. The summed E-state index contributed by atoms with van der Waals surface area (Å²) in [5.41, 5.74) is 5.85. The summed E-state index contributed by atoms with van der Waals surface area (Å²) in [5, 5.41) is 9.96. The maximum absolute atomic E-state index is 9.96. The molecule has 2 aliphatic carbocycles. The first-order valence-electron chi connectivity index (χ1n) is 6.18. The van der Waals surface area contributed by atoms with Gasteiger partial charge < -0.3 is 5.11 Å². The Hall–Kier alpha value is -0.820. The van der Waals surface area contributed by atoms with Crippen LogP contribution in [-0.2, 0) is 19.3 Å². The van der Waals surface area contributed by atoms with E-state index in [9.17, 15) is 5.11 Å². The second kappa shape index (κ2) is 3.64. The fourth-order valence-corrected chi connectivity index (χ4v) is 3.16. The van der Waals surface area contributed by atoms with Gasteiger partial charge in [0.15, 0.2) is 0 Å². The van der Waals surface area contributed by atoms with Crippen molar-refractivity contribution in [3.05, 3.63) is 34.4 Å². The standard InChI is InChI=1S/C14H18O/c15-14-7-3-6-12-11-5-2-1-4-10(11)8-9-13(12)14/h8-9,14-15H,1-7H2. The highest BCUT2D eigenvalue weighted by molar-refractivity contribution is 5.44. The van der Waals surface area contributed by atoms with Crippen molar-refractivity contribution in [2.75, 3.05) is 0 Å². The molecule has 0 aromatic heterocycles. The summed E-state index contributed by atoms with van der Waals surface area (Å²) in [5.74, 6) is 0. The number of aryl methyl sites for hydroxylation is 1. The molecule has 1 atom stereocenters. The first-order valence-corrected chi connectivity index (χ1v) is 6.18.